The van der Waals surface area contributed by atoms with Gasteiger partial charge in [-0.2, -0.15) is 0 Å². The molecule has 1 aromatic rings. The Balaban J connectivity index is 2.42. The first kappa shape index (κ1) is 13.7. The minimum atomic E-state index is -0.412. The van der Waals surface area contributed by atoms with Gasteiger partial charge >= 0.3 is 5.97 Å². The molecule has 1 fully saturated rings. The minimum Gasteiger partial charge on any atom is -0.465 e. The molecule has 0 atom stereocenters. The molecule has 104 valence electrons. The van der Waals surface area contributed by atoms with E-state index in [0.717, 1.165) is 12.2 Å². The molecule has 1 aliphatic rings. The molecule has 1 heterocycles. The predicted molar refractivity (Wildman–Crippen MR) is 74.4 cm³/mol. The van der Waals surface area contributed by atoms with E-state index in [-0.39, 0.29) is 5.54 Å². The minimum absolute atomic E-state index is 0.152. The van der Waals surface area contributed by atoms with Crippen LogP contribution in [0.1, 0.15) is 24.2 Å². The fraction of sp³-hybridized carbons (Fsp3) is 0.500. The highest BCUT2D eigenvalue weighted by molar-refractivity contribution is 5.98. The number of para-hydroxylation sites is 1. The molecule has 1 saturated heterocycles. The quantitative estimate of drug-likeness (QED) is 0.650. The van der Waals surface area contributed by atoms with Crippen LogP contribution >= 0.6 is 0 Å². The van der Waals surface area contributed by atoms with E-state index in [9.17, 15) is 4.79 Å². The van der Waals surface area contributed by atoms with Crippen LogP contribution in [0.25, 0.3) is 0 Å². The summed E-state index contributed by atoms with van der Waals surface area (Å²) in [7, 11) is 1.35. The molecule has 0 unspecified atom stereocenters. The smallest absolute Gasteiger partial charge is 0.340 e. The Kier molecular flexibility index (Phi) is 3.66. The SMILES string of the molecule is COC(=O)c1cccc(N2CCOCC2(C)C)c1N. The van der Waals surface area contributed by atoms with Crippen LogP contribution in [0.3, 0.4) is 0 Å². The van der Waals surface area contributed by atoms with Crippen molar-refractivity contribution in [1.29, 1.82) is 0 Å². The summed E-state index contributed by atoms with van der Waals surface area (Å²) in [4.78, 5) is 13.9. The van der Waals surface area contributed by atoms with Crippen LogP contribution in [0.5, 0.6) is 0 Å². The van der Waals surface area contributed by atoms with Gasteiger partial charge in [-0.1, -0.05) is 6.07 Å². The molecule has 1 aromatic carbocycles. The molecule has 2 rings (SSSR count). The van der Waals surface area contributed by atoms with Crippen molar-refractivity contribution in [3.05, 3.63) is 23.8 Å². The van der Waals surface area contributed by atoms with Gasteiger partial charge in [0.1, 0.15) is 0 Å². The number of hydrogen-bond acceptors (Lipinski definition) is 5. The summed E-state index contributed by atoms with van der Waals surface area (Å²) in [6.07, 6.45) is 0. The second kappa shape index (κ2) is 5.09. The van der Waals surface area contributed by atoms with Crippen molar-refractivity contribution in [3.63, 3.8) is 0 Å². The van der Waals surface area contributed by atoms with Gasteiger partial charge in [-0.05, 0) is 26.0 Å². The maximum Gasteiger partial charge on any atom is 0.340 e. The van der Waals surface area contributed by atoms with E-state index in [1.54, 1.807) is 6.07 Å². The first-order valence-electron chi connectivity index (χ1n) is 6.29. The Bertz CT molecular complexity index is 486. The van der Waals surface area contributed by atoms with Crippen LogP contribution < -0.4 is 10.6 Å². The van der Waals surface area contributed by atoms with Crippen molar-refractivity contribution < 1.29 is 14.3 Å². The van der Waals surface area contributed by atoms with Crippen molar-refractivity contribution in [3.8, 4) is 0 Å². The lowest BCUT2D eigenvalue weighted by Gasteiger charge is -2.44. The van der Waals surface area contributed by atoms with Crippen LogP contribution in [-0.4, -0.2) is 38.4 Å². The number of hydrogen-bond donors (Lipinski definition) is 1. The van der Waals surface area contributed by atoms with Crippen LogP contribution in [-0.2, 0) is 9.47 Å². The number of nitrogen functional groups attached to an aromatic ring is 1. The highest BCUT2D eigenvalue weighted by Crippen LogP contribution is 2.33. The lowest BCUT2D eigenvalue weighted by atomic mass is 10.00. The normalized spacial score (nSPS) is 18.2. The number of morpholine rings is 1. The number of nitrogens with two attached hydrogens (primary N) is 1. The van der Waals surface area contributed by atoms with Gasteiger partial charge in [0.2, 0.25) is 0 Å². The Morgan fingerprint density at radius 1 is 1.47 bits per heavy atom. The number of rotatable bonds is 2. The maximum absolute atomic E-state index is 11.7. The van der Waals surface area contributed by atoms with E-state index in [4.69, 9.17) is 15.2 Å². The number of carbonyl (C=O) groups is 1. The summed E-state index contributed by atoms with van der Waals surface area (Å²) in [5, 5.41) is 0. The molecule has 19 heavy (non-hydrogen) atoms. The molecule has 5 heteroatoms. The molecule has 1 aliphatic heterocycles. The van der Waals surface area contributed by atoms with Crippen LogP contribution in [0.2, 0.25) is 0 Å². The maximum atomic E-state index is 11.7. The summed E-state index contributed by atoms with van der Waals surface area (Å²) < 4.78 is 10.3. The Hall–Kier alpha value is -1.75. The summed E-state index contributed by atoms with van der Waals surface area (Å²) in [5.41, 5.74) is 7.70. The summed E-state index contributed by atoms with van der Waals surface area (Å²) in [6.45, 7) is 6.23. The lowest BCUT2D eigenvalue weighted by Crippen LogP contribution is -2.53. The molecule has 0 aliphatic carbocycles. The van der Waals surface area contributed by atoms with Crippen molar-refractivity contribution in [2.45, 2.75) is 19.4 Å². The number of ether oxygens (including phenoxy) is 2. The molecule has 0 bridgehead atoms. The highest BCUT2D eigenvalue weighted by Gasteiger charge is 2.32. The molecule has 0 aromatic heterocycles. The first-order valence-corrected chi connectivity index (χ1v) is 6.29. The number of methoxy groups -OCH3 is 1. The first-order chi connectivity index (χ1) is 8.97. The number of anilines is 2. The highest BCUT2D eigenvalue weighted by atomic mass is 16.5. The third-order valence-corrected chi connectivity index (χ3v) is 3.42. The van der Waals surface area contributed by atoms with Crippen molar-refractivity contribution in [1.82, 2.24) is 0 Å². The second-order valence-corrected chi connectivity index (χ2v) is 5.25. The average molecular weight is 264 g/mol. The molecule has 0 saturated carbocycles. The van der Waals surface area contributed by atoms with Gasteiger partial charge in [-0.3, -0.25) is 0 Å². The topological polar surface area (TPSA) is 64.8 Å². The van der Waals surface area contributed by atoms with E-state index in [2.05, 4.69) is 18.7 Å². The fourth-order valence-electron chi connectivity index (χ4n) is 2.38. The van der Waals surface area contributed by atoms with Crippen molar-refractivity contribution >= 4 is 17.3 Å². The molecular formula is C14H20N2O3. The van der Waals surface area contributed by atoms with Gasteiger partial charge in [0.05, 0.1) is 42.8 Å². The number of esters is 1. The fourth-order valence-corrected chi connectivity index (χ4v) is 2.38. The van der Waals surface area contributed by atoms with Crippen molar-refractivity contribution in [2.75, 3.05) is 37.5 Å². The van der Waals surface area contributed by atoms with Crippen LogP contribution in [0.4, 0.5) is 11.4 Å². The van der Waals surface area contributed by atoms with E-state index >= 15 is 0 Å². The van der Waals surface area contributed by atoms with Crippen molar-refractivity contribution in [2.24, 2.45) is 0 Å². The molecule has 0 spiro atoms. The van der Waals surface area contributed by atoms with Gasteiger partial charge in [0.25, 0.3) is 0 Å². The van der Waals surface area contributed by atoms with Gasteiger partial charge in [-0.25, -0.2) is 4.79 Å². The average Bonchev–Trinajstić information content (AvgIpc) is 2.38. The van der Waals surface area contributed by atoms with Gasteiger partial charge in [0, 0.05) is 6.54 Å². The van der Waals surface area contributed by atoms with E-state index in [1.165, 1.54) is 7.11 Å². The zero-order valence-electron chi connectivity index (χ0n) is 11.6. The standard InChI is InChI=1S/C14H20N2O3/c1-14(2)9-19-8-7-16(14)11-6-4-5-10(12(11)15)13(17)18-3/h4-6H,7-9,15H2,1-3H3. The third-order valence-electron chi connectivity index (χ3n) is 3.42. The zero-order valence-corrected chi connectivity index (χ0v) is 11.6. The van der Waals surface area contributed by atoms with E-state index in [1.807, 2.05) is 12.1 Å². The molecule has 2 N–H and O–H groups in total. The summed E-state index contributed by atoms with van der Waals surface area (Å²) in [6, 6.07) is 5.43. The molecule has 5 nitrogen and oxygen atoms in total. The van der Waals surface area contributed by atoms with Gasteiger partial charge < -0.3 is 20.1 Å². The molecular weight excluding hydrogens is 244 g/mol. The Morgan fingerprint density at radius 2 is 2.21 bits per heavy atom. The summed E-state index contributed by atoms with van der Waals surface area (Å²) >= 11 is 0. The van der Waals surface area contributed by atoms with E-state index in [0.29, 0.717) is 24.5 Å². The van der Waals surface area contributed by atoms with Gasteiger partial charge in [0.15, 0.2) is 0 Å². The van der Waals surface area contributed by atoms with Crippen LogP contribution in [0.15, 0.2) is 18.2 Å². The second-order valence-electron chi connectivity index (χ2n) is 5.25. The Morgan fingerprint density at radius 3 is 2.84 bits per heavy atom. The van der Waals surface area contributed by atoms with Gasteiger partial charge in [-0.15, -0.1) is 0 Å². The molecule has 0 radical (unpaired) electrons. The number of benzene rings is 1. The van der Waals surface area contributed by atoms with Crippen LogP contribution in [0, 0.1) is 0 Å². The predicted octanol–water partition coefficient (Wildman–Crippen LogP) is 1.67. The lowest BCUT2D eigenvalue weighted by molar-refractivity contribution is 0.0601. The number of nitrogens with zero attached hydrogens (tertiary/aromatic N) is 1. The number of carbonyl (C=O) groups excluding carboxylic acids is 1. The zero-order chi connectivity index (χ0) is 14.0. The third kappa shape index (κ3) is 2.51. The van der Waals surface area contributed by atoms with E-state index < -0.39 is 5.97 Å². The monoisotopic (exact) mass is 264 g/mol. The molecule has 0 amide bonds. The largest absolute Gasteiger partial charge is 0.465 e. The summed E-state index contributed by atoms with van der Waals surface area (Å²) in [5.74, 6) is -0.412. The Labute approximate surface area is 113 Å².